The number of benzene rings is 2. The summed E-state index contributed by atoms with van der Waals surface area (Å²) >= 11 is 15.6. The number of hydrogen-bond acceptors (Lipinski definition) is 3. The fourth-order valence-electron chi connectivity index (χ4n) is 3.14. The number of halogens is 3. The molecule has 162 valence electrons. The maximum Gasteiger partial charge on any atom is 0.261 e. The van der Waals surface area contributed by atoms with Gasteiger partial charge in [-0.25, -0.2) is 0 Å². The summed E-state index contributed by atoms with van der Waals surface area (Å²) in [4.78, 5) is 27.0. The van der Waals surface area contributed by atoms with Crippen molar-refractivity contribution in [2.24, 2.45) is 0 Å². The number of amides is 2. The topological polar surface area (TPSA) is 58.6 Å². The number of ether oxygens (including phenoxy) is 1. The molecule has 0 radical (unpaired) electrons. The standard InChI is InChI=1S/C22H25BrCl2N2O3/c1-5-19(22(29)26-4)27(11-15-6-7-17(24)18(25)10-15)20(28)12-30-16-8-13(2)21(23)14(3)9-16/h6-10,19H,5,11-12H2,1-4H3,(H,26,29). The Hall–Kier alpha value is -1.76. The second-order valence-electron chi connectivity index (χ2n) is 6.97. The van der Waals surface area contributed by atoms with Gasteiger partial charge in [-0.3, -0.25) is 9.59 Å². The molecule has 30 heavy (non-hydrogen) atoms. The second kappa shape index (κ2) is 11.0. The predicted molar refractivity (Wildman–Crippen MR) is 124 cm³/mol. The molecule has 1 unspecified atom stereocenters. The van der Waals surface area contributed by atoms with Crippen molar-refractivity contribution < 1.29 is 14.3 Å². The Kier molecular flexibility index (Phi) is 9.01. The van der Waals surface area contributed by atoms with Crippen LogP contribution in [0.4, 0.5) is 0 Å². The van der Waals surface area contributed by atoms with Crippen molar-refractivity contribution in [3.63, 3.8) is 0 Å². The molecule has 2 rings (SSSR count). The smallest absolute Gasteiger partial charge is 0.261 e. The highest BCUT2D eigenvalue weighted by Crippen LogP contribution is 2.27. The van der Waals surface area contributed by atoms with Crippen molar-refractivity contribution in [3.05, 3.63) is 61.5 Å². The van der Waals surface area contributed by atoms with E-state index in [0.717, 1.165) is 21.2 Å². The Morgan fingerprint density at radius 3 is 2.30 bits per heavy atom. The molecule has 8 heteroatoms. The van der Waals surface area contributed by atoms with Gasteiger partial charge in [-0.15, -0.1) is 0 Å². The van der Waals surface area contributed by atoms with Crippen molar-refractivity contribution in [1.29, 1.82) is 0 Å². The number of nitrogens with one attached hydrogen (secondary N) is 1. The largest absolute Gasteiger partial charge is 0.484 e. The summed E-state index contributed by atoms with van der Waals surface area (Å²) in [5.74, 6) is 0.0695. The average molecular weight is 516 g/mol. The van der Waals surface area contributed by atoms with Crippen molar-refractivity contribution >= 4 is 50.9 Å². The summed E-state index contributed by atoms with van der Waals surface area (Å²) in [5.41, 5.74) is 2.80. The number of aryl methyl sites for hydroxylation is 2. The minimum atomic E-state index is -0.631. The Labute approximate surface area is 195 Å². The molecule has 0 saturated heterocycles. The Bertz CT molecular complexity index is 914. The van der Waals surface area contributed by atoms with Gasteiger partial charge in [-0.2, -0.15) is 0 Å². The minimum absolute atomic E-state index is 0.185. The Balaban J connectivity index is 2.24. The number of likely N-dealkylation sites (N-methyl/N-ethyl adjacent to an activating group) is 1. The first-order valence-corrected chi connectivity index (χ1v) is 11.1. The highest BCUT2D eigenvalue weighted by Gasteiger charge is 2.28. The molecule has 2 aromatic rings. The molecule has 0 heterocycles. The van der Waals surface area contributed by atoms with Crippen LogP contribution < -0.4 is 10.1 Å². The molecule has 0 aliphatic heterocycles. The Morgan fingerprint density at radius 1 is 1.13 bits per heavy atom. The molecule has 0 fully saturated rings. The van der Waals surface area contributed by atoms with E-state index in [1.807, 2.05) is 32.9 Å². The third kappa shape index (κ3) is 6.13. The van der Waals surface area contributed by atoms with Gasteiger partial charge in [0.1, 0.15) is 11.8 Å². The molecular formula is C22H25BrCl2N2O3. The van der Waals surface area contributed by atoms with Crippen LogP contribution in [-0.2, 0) is 16.1 Å². The molecule has 0 aromatic heterocycles. The van der Waals surface area contributed by atoms with Gasteiger partial charge in [-0.05, 0) is 61.2 Å². The zero-order valence-electron chi connectivity index (χ0n) is 17.4. The van der Waals surface area contributed by atoms with Gasteiger partial charge in [0.2, 0.25) is 5.91 Å². The van der Waals surface area contributed by atoms with E-state index in [4.69, 9.17) is 27.9 Å². The lowest BCUT2D eigenvalue weighted by atomic mass is 10.1. The molecule has 0 aliphatic rings. The summed E-state index contributed by atoms with van der Waals surface area (Å²) in [6.07, 6.45) is 0.462. The lowest BCUT2D eigenvalue weighted by molar-refractivity contribution is -0.142. The highest BCUT2D eigenvalue weighted by molar-refractivity contribution is 9.10. The highest BCUT2D eigenvalue weighted by atomic mass is 79.9. The first-order valence-electron chi connectivity index (χ1n) is 9.52. The van der Waals surface area contributed by atoms with E-state index in [2.05, 4.69) is 21.2 Å². The normalized spacial score (nSPS) is 11.7. The summed E-state index contributed by atoms with van der Waals surface area (Å²) in [5, 5.41) is 3.45. The van der Waals surface area contributed by atoms with E-state index in [0.29, 0.717) is 22.2 Å². The number of hydrogen-bond donors (Lipinski definition) is 1. The number of rotatable bonds is 8. The van der Waals surface area contributed by atoms with Gasteiger partial charge in [0.25, 0.3) is 5.91 Å². The zero-order chi connectivity index (χ0) is 22.4. The summed E-state index contributed by atoms with van der Waals surface area (Å²) < 4.78 is 6.77. The summed E-state index contributed by atoms with van der Waals surface area (Å²) in [6, 6.07) is 8.25. The van der Waals surface area contributed by atoms with Gasteiger partial charge in [0, 0.05) is 18.1 Å². The fourth-order valence-corrected chi connectivity index (χ4v) is 3.69. The van der Waals surface area contributed by atoms with E-state index in [1.54, 1.807) is 25.2 Å². The molecule has 0 spiro atoms. The van der Waals surface area contributed by atoms with Crippen LogP contribution >= 0.6 is 39.1 Å². The molecule has 5 nitrogen and oxygen atoms in total. The van der Waals surface area contributed by atoms with Crippen LogP contribution in [0, 0.1) is 13.8 Å². The van der Waals surface area contributed by atoms with Crippen LogP contribution in [0.5, 0.6) is 5.75 Å². The quantitative estimate of drug-likeness (QED) is 0.518. The van der Waals surface area contributed by atoms with E-state index in [1.165, 1.54) is 4.90 Å². The van der Waals surface area contributed by atoms with Crippen LogP contribution in [0.25, 0.3) is 0 Å². The maximum absolute atomic E-state index is 13.1. The van der Waals surface area contributed by atoms with Crippen molar-refractivity contribution in [2.45, 2.75) is 39.8 Å². The Morgan fingerprint density at radius 2 is 1.77 bits per heavy atom. The number of carbonyl (C=O) groups is 2. The molecule has 1 atom stereocenters. The van der Waals surface area contributed by atoms with Crippen LogP contribution in [0.15, 0.2) is 34.8 Å². The van der Waals surface area contributed by atoms with E-state index < -0.39 is 6.04 Å². The minimum Gasteiger partial charge on any atom is -0.484 e. The zero-order valence-corrected chi connectivity index (χ0v) is 20.5. The number of carbonyl (C=O) groups excluding carboxylic acids is 2. The van der Waals surface area contributed by atoms with Crippen LogP contribution in [0.3, 0.4) is 0 Å². The van der Waals surface area contributed by atoms with Gasteiger partial charge in [-0.1, -0.05) is 52.1 Å². The monoisotopic (exact) mass is 514 g/mol. The predicted octanol–water partition coefficient (Wildman–Crippen LogP) is 5.30. The average Bonchev–Trinajstić information content (AvgIpc) is 2.72. The maximum atomic E-state index is 13.1. The van der Waals surface area contributed by atoms with Gasteiger partial charge in [0.05, 0.1) is 10.0 Å². The molecule has 1 N–H and O–H groups in total. The lowest BCUT2D eigenvalue weighted by Gasteiger charge is -2.30. The van der Waals surface area contributed by atoms with Crippen molar-refractivity contribution in [3.8, 4) is 5.75 Å². The molecule has 2 aromatic carbocycles. The second-order valence-corrected chi connectivity index (χ2v) is 8.58. The summed E-state index contributed by atoms with van der Waals surface area (Å²) in [7, 11) is 1.55. The molecule has 0 aliphatic carbocycles. The fraction of sp³-hybridized carbons (Fsp3) is 0.364. The van der Waals surface area contributed by atoms with Crippen LogP contribution in [0.2, 0.25) is 10.0 Å². The number of nitrogens with zero attached hydrogens (tertiary/aromatic N) is 1. The van der Waals surface area contributed by atoms with Crippen molar-refractivity contribution in [2.75, 3.05) is 13.7 Å². The van der Waals surface area contributed by atoms with Crippen LogP contribution in [-0.4, -0.2) is 36.4 Å². The SMILES string of the molecule is CCC(C(=O)NC)N(Cc1ccc(Cl)c(Cl)c1)C(=O)COc1cc(C)c(Br)c(C)c1. The third-order valence-electron chi connectivity index (χ3n) is 4.74. The lowest BCUT2D eigenvalue weighted by Crippen LogP contribution is -2.49. The van der Waals surface area contributed by atoms with Crippen molar-refractivity contribution in [1.82, 2.24) is 10.2 Å². The van der Waals surface area contributed by atoms with Gasteiger partial charge < -0.3 is 15.0 Å². The summed E-state index contributed by atoms with van der Waals surface area (Å²) in [6.45, 7) is 5.80. The van der Waals surface area contributed by atoms with Gasteiger partial charge >= 0.3 is 0 Å². The molecule has 2 amide bonds. The molecular weight excluding hydrogens is 491 g/mol. The van der Waals surface area contributed by atoms with Crippen LogP contribution in [0.1, 0.15) is 30.0 Å². The molecule has 0 saturated carbocycles. The van der Waals surface area contributed by atoms with E-state index in [-0.39, 0.29) is 25.0 Å². The third-order valence-corrected chi connectivity index (χ3v) is 6.73. The molecule has 0 bridgehead atoms. The first kappa shape index (κ1) is 24.5. The van der Waals surface area contributed by atoms with E-state index in [9.17, 15) is 9.59 Å². The van der Waals surface area contributed by atoms with Gasteiger partial charge in [0.15, 0.2) is 6.61 Å². The van der Waals surface area contributed by atoms with E-state index >= 15 is 0 Å². The first-order chi connectivity index (χ1) is 14.2.